The van der Waals surface area contributed by atoms with Gasteiger partial charge in [-0.05, 0) is 87.9 Å². The Morgan fingerprint density at radius 3 is 1.79 bits per heavy atom. The van der Waals surface area contributed by atoms with E-state index in [-0.39, 0.29) is 37.5 Å². The number of pyridine rings is 1. The molecule has 0 N–H and O–H groups in total. The van der Waals surface area contributed by atoms with Crippen LogP contribution in [0.3, 0.4) is 0 Å². The predicted molar refractivity (Wildman–Crippen MR) is 258 cm³/mol. The average molecular weight is 1000 g/mol. The van der Waals surface area contributed by atoms with Crippen LogP contribution < -0.4 is 9.80 Å². The Morgan fingerprint density at radius 1 is 0.524 bits per heavy atom. The Balaban J connectivity index is 0.00000548. The molecule has 0 unspecified atom stereocenters. The van der Waals surface area contributed by atoms with Gasteiger partial charge in [0.25, 0.3) is 0 Å². The van der Waals surface area contributed by atoms with Crippen LogP contribution in [0.25, 0.3) is 27.6 Å². The van der Waals surface area contributed by atoms with Crippen molar-refractivity contribution in [3.8, 4) is 5.82 Å². The minimum Gasteiger partial charge on any atom is -0.493 e. The number of nitrogens with zero attached hydrogens (tertiary/aromatic N) is 4. The van der Waals surface area contributed by atoms with E-state index >= 15 is 0 Å². The second-order valence-electron chi connectivity index (χ2n) is 18.1. The molecule has 316 valence electrons. The van der Waals surface area contributed by atoms with Crippen LogP contribution in [0.1, 0.15) is 84.6 Å². The molecule has 3 heterocycles. The summed E-state index contributed by atoms with van der Waals surface area (Å²) < 4.78 is 26.3. The summed E-state index contributed by atoms with van der Waals surface area (Å²) in [4.78, 5) is 9.26. The summed E-state index contributed by atoms with van der Waals surface area (Å²) in [6, 6.07) is 67.1. The van der Waals surface area contributed by atoms with E-state index in [2.05, 4.69) is 215 Å². The van der Waals surface area contributed by atoms with Crippen molar-refractivity contribution in [2.45, 2.75) is 64.6 Å². The second kappa shape index (κ2) is 16.2. The van der Waals surface area contributed by atoms with Gasteiger partial charge in [0.2, 0.25) is 0 Å². The van der Waals surface area contributed by atoms with Gasteiger partial charge in [-0.3, -0.25) is 0 Å². The molecular weight excluding hydrogens is 948 g/mol. The molecule has 7 aromatic carbocycles. The maximum atomic E-state index is 8.10. The van der Waals surface area contributed by atoms with Crippen LogP contribution in [0.15, 0.2) is 176 Å². The first-order valence-corrected chi connectivity index (χ1v) is 21.4. The molecule has 5 heteroatoms. The molecule has 0 saturated heterocycles. The summed E-state index contributed by atoms with van der Waals surface area (Å²) in [6.07, 6.45) is 1.58. The summed E-state index contributed by atoms with van der Waals surface area (Å²) >= 11 is 0. The molecule has 63 heavy (non-hydrogen) atoms. The summed E-state index contributed by atoms with van der Waals surface area (Å²) in [6.45, 7) is 13.7. The van der Waals surface area contributed by atoms with Gasteiger partial charge in [0, 0.05) is 64.8 Å². The molecule has 4 nitrogen and oxygen atoms in total. The van der Waals surface area contributed by atoms with Crippen molar-refractivity contribution in [1.82, 2.24) is 9.55 Å². The Bertz CT molecular complexity index is 3160. The smallest absolute Gasteiger partial charge is 0.135 e. The molecule has 0 aliphatic carbocycles. The first-order valence-electron chi connectivity index (χ1n) is 22.9. The summed E-state index contributed by atoms with van der Waals surface area (Å²) in [5, 5.41) is 2.07. The van der Waals surface area contributed by atoms with Gasteiger partial charge in [-0.1, -0.05) is 144 Å². The minimum atomic E-state index is -2.26. The zero-order chi connectivity index (χ0) is 45.3. The van der Waals surface area contributed by atoms with E-state index in [4.69, 9.17) is 4.11 Å². The van der Waals surface area contributed by atoms with E-state index in [0.29, 0.717) is 5.82 Å². The molecule has 1 aliphatic rings. The number of para-hydroxylation sites is 3. The van der Waals surface area contributed by atoms with Crippen LogP contribution in [-0.2, 0) is 37.3 Å². The zero-order valence-electron chi connectivity index (χ0n) is 39.4. The Kier molecular flexibility index (Phi) is 9.86. The molecule has 0 radical (unpaired) electrons. The fourth-order valence-corrected chi connectivity index (χ4v) is 9.17. The summed E-state index contributed by atoms with van der Waals surface area (Å²) in [7, 11) is 0. The number of hydrogen-bond donors (Lipinski definition) is 0. The number of hydrogen-bond acceptors (Lipinski definition) is 3. The van der Waals surface area contributed by atoms with Crippen molar-refractivity contribution in [3.05, 3.63) is 234 Å². The molecular formula is C58H51N4Pt-3. The number of rotatable bonds is 9. The van der Waals surface area contributed by atoms with E-state index in [1.54, 1.807) is 18.3 Å². The number of fused-ring (bicyclic) bond motifs is 4. The number of aromatic nitrogens is 2. The predicted octanol–water partition coefficient (Wildman–Crippen LogP) is 14.5. The second-order valence-corrected chi connectivity index (χ2v) is 18.1. The van der Waals surface area contributed by atoms with E-state index in [0.717, 1.165) is 55.7 Å². The third kappa shape index (κ3) is 7.29. The molecule has 2 aromatic heterocycles. The van der Waals surface area contributed by atoms with Crippen molar-refractivity contribution in [2.75, 3.05) is 9.80 Å². The van der Waals surface area contributed by atoms with Crippen molar-refractivity contribution >= 4 is 44.6 Å². The molecule has 0 atom stereocenters. The molecule has 9 aromatic rings. The molecule has 0 fully saturated rings. The van der Waals surface area contributed by atoms with Gasteiger partial charge in [-0.25, -0.2) is 4.98 Å². The summed E-state index contributed by atoms with van der Waals surface area (Å²) in [5.74, 6) is 0.544. The van der Waals surface area contributed by atoms with Gasteiger partial charge >= 0.3 is 0 Å². The topological polar surface area (TPSA) is 24.3 Å². The van der Waals surface area contributed by atoms with Crippen LogP contribution in [0, 0.1) is 25.7 Å². The van der Waals surface area contributed by atoms with Crippen molar-refractivity contribution in [3.63, 3.8) is 0 Å². The fourth-order valence-electron chi connectivity index (χ4n) is 9.17. The van der Waals surface area contributed by atoms with Crippen molar-refractivity contribution in [2.24, 2.45) is 0 Å². The Morgan fingerprint density at radius 2 is 1.13 bits per heavy atom. The molecule has 0 saturated carbocycles. The van der Waals surface area contributed by atoms with E-state index < -0.39 is 12.3 Å². The van der Waals surface area contributed by atoms with Gasteiger partial charge in [-0.15, -0.1) is 17.7 Å². The number of aryl methyl sites for hydroxylation is 1. The largest absolute Gasteiger partial charge is 0.493 e. The third-order valence-electron chi connectivity index (χ3n) is 13.2. The molecule has 0 bridgehead atoms. The molecule has 0 spiro atoms. The fraction of sp³-hybridized carbons (Fsp3) is 0.172. The maximum Gasteiger partial charge on any atom is 0.135 e. The van der Waals surface area contributed by atoms with Gasteiger partial charge < -0.3 is 14.4 Å². The first kappa shape index (κ1) is 38.5. The van der Waals surface area contributed by atoms with Crippen LogP contribution in [0.5, 0.6) is 0 Å². The van der Waals surface area contributed by atoms with Gasteiger partial charge in [0.1, 0.15) is 5.82 Å². The SMILES string of the molecule is [2H]C([2H])([2H])c1ccnc(-n2c3[c-]c(C(C)(C)c4[c-]c(N5[CH-]N(c6cc(C(C)(C)c7ccccc7)cc(C(C)(C)c7ccccc7)c6)c6ccccc65)ccc4)ccc3c3ccccc32)c1.[Pt]. The van der Waals surface area contributed by atoms with E-state index in [1.165, 1.54) is 22.3 Å². The molecule has 1 aliphatic heterocycles. The number of benzene rings is 7. The van der Waals surface area contributed by atoms with E-state index in [9.17, 15) is 0 Å². The van der Waals surface area contributed by atoms with Crippen LogP contribution >= 0.6 is 0 Å². The maximum absolute atomic E-state index is 8.10. The van der Waals surface area contributed by atoms with Crippen LogP contribution in [0.4, 0.5) is 22.7 Å². The monoisotopic (exact) mass is 1000 g/mol. The molecule has 10 rings (SSSR count). The van der Waals surface area contributed by atoms with Crippen LogP contribution in [-0.4, -0.2) is 9.55 Å². The zero-order valence-corrected chi connectivity index (χ0v) is 38.7. The summed E-state index contributed by atoms with van der Waals surface area (Å²) in [5.41, 5.74) is 12.2. The Hall–Kier alpha value is -6.22. The first-order chi connectivity index (χ1) is 31.1. The van der Waals surface area contributed by atoms with Gasteiger partial charge in [0.05, 0.1) is 0 Å². The normalized spacial score (nSPS) is 14.0. The van der Waals surface area contributed by atoms with Gasteiger partial charge in [-0.2, -0.15) is 53.6 Å². The standard InChI is InChI=1S/C58H51N4.Pt/c1-40-31-32-59-55(33-40)62-51-26-15-14-25-49(51)50-30-29-44(38-54(50)62)58(6,7)43-23-18-24-47(35-43)60-39-61(53-28-17-16-27-52(53)60)48-36-45(56(2,3)41-19-10-8-11-20-41)34-46(37-48)57(4,5)42-21-12-9-13-22-42;/h8-34,36-37,39H,1-7H3;/q-3;/i1D3;. The number of anilines is 4. The van der Waals surface area contributed by atoms with Crippen molar-refractivity contribution < 1.29 is 25.2 Å². The Labute approximate surface area is 391 Å². The average Bonchev–Trinajstić information content (AvgIpc) is 3.88. The minimum absolute atomic E-state index is 0. The van der Waals surface area contributed by atoms with Gasteiger partial charge in [0.15, 0.2) is 0 Å². The van der Waals surface area contributed by atoms with Crippen molar-refractivity contribution in [1.29, 1.82) is 0 Å². The third-order valence-corrected chi connectivity index (χ3v) is 13.2. The van der Waals surface area contributed by atoms with E-state index in [1.807, 2.05) is 22.8 Å². The molecule has 0 amide bonds. The quantitative estimate of drug-likeness (QED) is 0.135. The van der Waals surface area contributed by atoms with Crippen LogP contribution in [0.2, 0.25) is 0 Å².